The molecule has 1 fully saturated rings. The highest BCUT2D eigenvalue weighted by molar-refractivity contribution is 6.31. The lowest BCUT2D eigenvalue weighted by Gasteiger charge is -2.38. The van der Waals surface area contributed by atoms with Crippen molar-refractivity contribution in [3.05, 3.63) is 52.8 Å². The van der Waals surface area contributed by atoms with Gasteiger partial charge in [0.1, 0.15) is 5.82 Å². The van der Waals surface area contributed by atoms with Crippen molar-refractivity contribution < 1.29 is 4.74 Å². The molecule has 0 saturated carbocycles. The predicted octanol–water partition coefficient (Wildman–Crippen LogP) is 3.25. The molecule has 0 radical (unpaired) electrons. The molecule has 7 heteroatoms. The average molecular weight is 358 g/mol. The number of nitrogens with zero attached hydrogens (tertiary/aromatic N) is 4. The third-order valence-corrected chi connectivity index (χ3v) is 5.25. The zero-order valence-corrected chi connectivity index (χ0v) is 14.8. The summed E-state index contributed by atoms with van der Waals surface area (Å²) in [6, 6.07) is 11.9. The second-order valence-electron chi connectivity index (χ2n) is 6.46. The van der Waals surface area contributed by atoms with E-state index in [1.807, 2.05) is 37.3 Å². The number of nitrogens with one attached hydrogen (secondary N) is 1. The molecule has 25 heavy (non-hydrogen) atoms. The lowest BCUT2D eigenvalue weighted by Crippen LogP contribution is -2.40. The van der Waals surface area contributed by atoms with Gasteiger partial charge in [-0.25, -0.2) is 0 Å². The largest absolute Gasteiger partial charge is 0.381 e. The molecule has 0 aliphatic carbocycles. The average Bonchev–Trinajstić information content (AvgIpc) is 3.02. The van der Waals surface area contributed by atoms with Gasteiger partial charge in [0.05, 0.1) is 0 Å². The third kappa shape index (κ3) is 3.07. The van der Waals surface area contributed by atoms with E-state index in [-0.39, 0.29) is 5.41 Å². The van der Waals surface area contributed by atoms with Gasteiger partial charge in [-0.05, 0) is 43.5 Å². The van der Waals surface area contributed by atoms with Gasteiger partial charge < -0.3 is 10.1 Å². The highest BCUT2D eigenvalue weighted by Gasteiger charge is 2.36. The molecule has 0 amide bonds. The molecule has 1 N–H and O–H groups in total. The standard InChI is InChI=1S/C18H20ClN5O/c1-13-21-22-17-7-6-16(23-24(13)17)20-12-18(8-10-25-11-9-18)14-4-2-3-5-15(14)19/h2-7H,8-12H2,1H3,(H,20,23). The van der Waals surface area contributed by atoms with Crippen LogP contribution in [0.3, 0.4) is 0 Å². The van der Waals surface area contributed by atoms with Crippen molar-refractivity contribution >= 4 is 23.1 Å². The number of anilines is 1. The van der Waals surface area contributed by atoms with E-state index >= 15 is 0 Å². The molecule has 2 aromatic heterocycles. The highest BCUT2D eigenvalue weighted by Crippen LogP contribution is 2.38. The van der Waals surface area contributed by atoms with E-state index in [9.17, 15) is 0 Å². The lowest BCUT2D eigenvalue weighted by molar-refractivity contribution is 0.0544. The van der Waals surface area contributed by atoms with Gasteiger partial charge >= 0.3 is 0 Å². The lowest BCUT2D eigenvalue weighted by atomic mass is 9.74. The summed E-state index contributed by atoms with van der Waals surface area (Å²) in [6.45, 7) is 4.12. The minimum atomic E-state index is -0.0601. The predicted molar refractivity (Wildman–Crippen MR) is 97.2 cm³/mol. The van der Waals surface area contributed by atoms with Gasteiger partial charge in [-0.2, -0.15) is 4.52 Å². The normalized spacial score (nSPS) is 16.9. The van der Waals surface area contributed by atoms with Crippen LogP contribution >= 0.6 is 11.6 Å². The number of aryl methyl sites for hydroxylation is 1. The van der Waals surface area contributed by atoms with Crippen LogP contribution in [-0.2, 0) is 10.2 Å². The Bertz CT molecular complexity index is 888. The first-order valence-corrected chi connectivity index (χ1v) is 8.81. The van der Waals surface area contributed by atoms with Gasteiger partial charge in [-0.3, -0.25) is 0 Å². The Morgan fingerprint density at radius 1 is 1.16 bits per heavy atom. The Kier molecular flexibility index (Phi) is 4.31. The molecule has 3 aromatic rings. The SMILES string of the molecule is Cc1nnc2ccc(NCC3(c4ccccc4Cl)CCOCC3)nn12. The van der Waals surface area contributed by atoms with Gasteiger partial charge in [-0.15, -0.1) is 15.3 Å². The molecule has 0 spiro atoms. The molecule has 0 bridgehead atoms. The van der Waals surface area contributed by atoms with E-state index in [2.05, 4.69) is 26.7 Å². The molecule has 1 aliphatic rings. The van der Waals surface area contributed by atoms with E-state index in [1.165, 1.54) is 5.56 Å². The summed E-state index contributed by atoms with van der Waals surface area (Å²) in [5.41, 5.74) is 1.86. The molecule has 1 aromatic carbocycles. The highest BCUT2D eigenvalue weighted by atomic mass is 35.5. The minimum absolute atomic E-state index is 0.0601. The van der Waals surface area contributed by atoms with Crippen molar-refractivity contribution in [2.45, 2.75) is 25.2 Å². The van der Waals surface area contributed by atoms with Crippen LogP contribution in [0, 0.1) is 6.92 Å². The number of ether oxygens (including phenoxy) is 1. The first kappa shape index (κ1) is 16.3. The van der Waals surface area contributed by atoms with Crippen LogP contribution in [0.1, 0.15) is 24.2 Å². The Hall–Kier alpha value is -2.18. The van der Waals surface area contributed by atoms with E-state index < -0.39 is 0 Å². The zero-order chi connectivity index (χ0) is 17.3. The fraction of sp³-hybridized carbons (Fsp3) is 0.389. The maximum atomic E-state index is 6.51. The van der Waals surface area contributed by atoms with E-state index in [4.69, 9.17) is 16.3 Å². The van der Waals surface area contributed by atoms with Crippen molar-refractivity contribution in [2.24, 2.45) is 0 Å². The van der Waals surface area contributed by atoms with Crippen LogP contribution in [0.15, 0.2) is 36.4 Å². The summed E-state index contributed by atoms with van der Waals surface area (Å²) in [4.78, 5) is 0. The van der Waals surface area contributed by atoms with Gasteiger partial charge in [0.2, 0.25) is 0 Å². The van der Waals surface area contributed by atoms with Crippen molar-refractivity contribution in [2.75, 3.05) is 25.1 Å². The minimum Gasteiger partial charge on any atom is -0.381 e. The monoisotopic (exact) mass is 357 g/mol. The van der Waals surface area contributed by atoms with Crippen LogP contribution < -0.4 is 5.32 Å². The second-order valence-corrected chi connectivity index (χ2v) is 6.87. The molecular formula is C18H20ClN5O. The summed E-state index contributed by atoms with van der Waals surface area (Å²) in [5, 5.41) is 17.0. The first-order chi connectivity index (χ1) is 12.2. The molecule has 6 nitrogen and oxygen atoms in total. The van der Waals surface area contributed by atoms with E-state index in [1.54, 1.807) is 4.52 Å². The Labute approximate surface area is 151 Å². The van der Waals surface area contributed by atoms with E-state index in [0.29, 0.717) is 0 Å². The van der Waals surface area contributed by atoms with Gasteiger partial charge in [-0.1, -0.05) is 29.8 Å². The second kappa shape index (κ2) is 6.61. The number of rotatable bonds is 4. The number of aromatic nitrogens is 4. The number of halogens is 1. The van der Waals surface area contributed by atoms with Crippen LogP contribution in [0.2, 0.25) is 5.02 Å². The van der Waals surface area contributed by atoms with Gasteiger partial charge in [0.25, 0.3) is 0 Å². The third-order valence-electron chi connectivity index (χ3n) is 4.92. The van der Waals surface area contributed by atoms with Crippen LogP contribution in [0.25, 0.3) is 5.65 Å². The first-order valence-electron chi connectivity index (χ1n) is 8.44. The van der Waals surface area contributed by atoms with Crippen molar-refractivity contribution in [3.63, 3.8) is 0 Å². The molecular weight excluding hydrogens is 338 g/mol. The summed E-state index contributed by atoms with van der Waals surface area (Å²) in [6.07, 6.45) is 1.86. The van der Waals surface area contributed by atoms with Crippen molar-refractivity contribution in [3.8, 4) is 0 Å². The molecule has 0 atom stereocenters. The number of benzene rings is 1. The molecule has 1 aliphatic heterocycles. The smallest absolute Gasteiger partial charge is 0.178 e. The molecule has 1 saturated heterocycles. The maximum absolute atomic E-state index is 6.51. The topological polar surface area (TPSA) is 64.3 Å². The molecule has 3 heterocycles. The summed E-state index contributed by atoms with van der Waals surface area (Å²) in [5.74, 6) is 1.57. The van der Waals surface area contributed by atoms with Crippen LogP contribution in [0.4, 0.5) is 5.82 Å². The number of fused-ring (bicyclic) bond motifs is 1. The maximum Gasteiger partial charge on any atom is 0.178 e. The van der Waals surface area contributed by atoms with Crippen molar-refractivity contribution in [1.82, 2.24) is 19.8 Å². The van der Waals surface area contributed by atoms with E-state index in [0.717, 1.165) is 54.9 Å². The molecule has 4 rings (SSSR count). The zero-order valence-electron chi connectivity index (χ0n) is 14.1. The summed E-state index contributed by atoms with van der Waals surface area (Å²) in [7, 11) is 0. The Morgan fingerprint density at radius 3 is 2.76 bits per heavy atom. The summed E-state index contributed by atoms with van der Waals surface area (Å²) < 4.78 is 7.34. The summed E-state index contributed by atoms with van der Waals surface area (Å²) >= 11 is 6.51. The quantitative estimate of drug-likeness (QED) is 0.776. The molecule has 0 unspecified atom stereocenters. The van der Waals surface area contributed by atoms with Gasteiger partial charge in [0, 0.05) is 30.2 Å². The number of hydrogen-bond donors (Lipinski definition) is 1. The fourth-order valence-electron chi connectivity index (χ4n) is 3.44. The Balaban J connectivity index is 1.62. The number of hydrogen-bond acceptors (Lipinski definition) is 5. The Morgan fingerprint density at radius 2 is 1.96 bits per heavy atom. The fourth-order valence-corrected chi connectivity index (χ4v) is 3.78. The van der Waals surface area contributed by atoms with Crippen LogP contribution in [0.5, 0.6) is 0 Å². The van der Waals surface area contributed by atoms with Crippen molar-refractivity contribution in [1.29, 1.82) is 0 Å². The van der Waals surface area contributed by atoms with Crippen LogP contribution in [-0.4, -0.2) is 39.6 Å². The molecule has 130 valence electrons. The van der Waals surface area contributed by atoms with Gasteiger partial charge in [0.15, 0.2) is 11.5 Å².